The van der Waals surface area contributed by atoms with Crippen molar-refractivity contribution in [2.45, 2.75) is 40.3 Å². The number of rotatable bonds is 13. The summed E-state index contributed by atoms with van der Waals surface area (Å²) in [6, 6.07) is 12.4. The highest BCUT2D eigenvalue weighted by Crippen LogP contribution is 2.24. The van der Waals surface area contributed by atoms with E-state index in [-0.39, 0.29) is 24.7 Å². The minimum absolute atomic E-state index is 0.165. The smallest absolute Gasteiger partial charge is 0.335 e. The van der Waals surface area contributed by atoms with Crippen LogP contribution in [-0.2, 0) is 11.3 Å². The second kappa shape index (κ2) is 12.8. The van der Waals surface area contributed by atoms with Crippen LogP contribution in [0.15, 0.2) is 79.3 Å². The lowest BCUT2D eigenvalue weighted by atomic mass is 10.0. The van der Waals surface area contributed by atoms with E-state index in [4.69, 9.17) is 0 Å². The zero-order valence-electron chi connectivity index (χ0n) is 22.8. The van der Waals surface area contributed by atoms with Crippen LogP contribution in [0.5, 0.6) is 0 Å². The van der Waals surface area contributed by atoms with E-state index in [9.17, 15) is 19.8 Å². The Morgan fingerprint density at radius 2 is 1.74 bits per heavy atom. The van der Waals surface area contributed by atoms with Gasteiger partial charge in [-0.1, -0.05) is 43.5 Å². The number of aromatic carboxylic acids is 1. The van der Waals surface area contributed by atoms with E-state index in [1.807, 2.05) is 19.9 Å². The van der Waals surface area contributed by atoms with Crippen molar-refractivity contribution in [3.05, 3.63) is 113 Å². The molecule has 0 aliphatic heterocycles. The molecule has 0 amide bonds. The van der Waals surface area contributed by atoms with Gasteiger partial charge in [0, 0.05) is 24.8 Å². The first-order chi connectivity index (χ1) is 18.5. The highest BCUT2D eigenvalue weighted by molar-refractivity contribution is 5.87. The van der Waals surface area contributed by atoms with E-state index < -0.39 is 11.9 Å². The monoisotopic (exact) mass is 529 g/mol. The molecular weight excluding hydrogens is 494 g/mol. The molecule has 0 aliphatic rings. The van der Waals surface area contributed by atoms with Crippen molar-refractivity contribution in [2.24, 2.45) is 0 Å². The third-order valence-electron chi connectivity index (χ3n) is 6.69. The van der Waals surface area contributed by atoms with Crippen LogP contribution in [0.1, 0.15) is 51.4 Å². The molecule has 0 bridgehead atoms. The third-order valence-corrected chi connectivity index (χ3v) is 6.69. The number of nitrogens with one attached hydrogen (secondary N) is 1. The molecule has 1 aromatic heterocycles. The van der Waals surface area contributed by atoms with Crippen LogP contribution >= 0.6 is 0 Å². The molecule has 1 unspecified atom stereocenters. The molecule has 9 heteroatoms. The number of carbonyl (C=O) groups is 2. The molecule has 3 rings (SSSR count). The lowest BCUT2D eigenvalue weighted by molar-refractivity contribution is -0.138. The van der Waals surface area contributed by atoms with E-state index in [1.165, 1.54) is 29.6 Å². The molecule has 204 valence electrons. The van der Waals surface area contributed by atoms with Crippen molar-refractivity contribution in [3.63, 3.8) is 0 Å². The van der Waals surface area contributed by atoms with Gasteiger partial charge in [0.15, 0.2) is 0 Å². The lowest BCUT2D eigenvalue weighted by Gasteiger charge is -2.29. The molecule has 0 radical (unpaired) electrons. The minimum Gasteiger partial charge on any atom is -0.480 e. The molecule has 0 saturated heterocycles. The first-order valence-corrected chi connectivity index (χ1v) is 12.5. The number of carboxylic acid groups (broad SMARTS) is 2. The number of aryl methyl sites for hydroxylation is 3. The SMILES string of the molecule is C=C(/C=C(/CN(CC(=O)O)C(C)c1ccc(C(=O)O)cc1)n1ncnc1C)C(=C)NCc1ccc(C)c(C)c1. The highest BCUT2D eigenvalue weighted by Gasteiger charge is 2.22. The molecular formula is C30H35N5O4. The summed E-state index contributed by atoms with van der Waals surface area (Å²) in [5.74, 6) is -1.37. The second-order valence-corrected chi connectivity index (χ2v) is 9.53. The van der Waals surface area contributed by atoms with Gasteiger partial charge < -0.3 is 15.5 Å². The topological polar surface area (TPSA) is 121 Å². The number of nitrogens with zero attached hydrogens (tertiary/aromatic N) is 4. The molecule has 9 nitrogen and oxygen atoms in total. The predicted octanol–water partition coefficient (Wildman–Crippen LogP) is 4.75. The maximum atomic E-state index is 11.8. The summed E-state index contributed by atoms with van der Waals surface area (Å²) in [6.07, 6.45) is 3.26. The van der Waals surface area contributed by atoms with Crippen molar-refractivity contribution in [1.82, 2.24) is 25.0 Å². The molecule has 0 saturated carbocycles. The summed E-state index contributed by atoms with van der Waals surface area (Å²) in [4.78, 5) is 29.1. The summed E-state index contributed by atoms with van der Waals surface area (Å²) in [5, 5.41) is 26.5. The Morgan fingerprint density at radius 3 is 2.31 bits per heavy atom. The quantitative estimate of drug-likeness (QED) is 0.271. The van der Waals surface area contributed by atoms with Gasteiger partial charge in [-0.25, -0.2) is 14.5 Å². The number of benzene rings is 2. The number of aromatic nitrogens is 3. The fourth-order valence-electron chi connectivity index (χ4n) is 4.11. The van der Waals surface area contributed by atoms with Gasteiger partial charge in [0.05, 0.1) is 17.8 Å². The van der Waals surface area contributed by atoms with E-state index in [1.54, 1.807) is 21.7 Å². The van der Waals surface area contributed by atoms with Crippen molar-refractivity contribution in [2.75, 3.05) is 13.1 Å². The first kappa shape index (κ1) is 29.1. The Bertz CT molecular complexity index is 1400. The molecule has 0 fully saturated rings. The molecule has 3 aromatic rings. The Morgan fingerprint density at radius 1 is 1.05 bits per heavy atom. The standard InChI is InChI=1S/C30H35N5O4/c1-19-7-8-25(13-20(19)2)15-31-22(4)21(3)14-28(35-24(6)32-18-33-35)16-34(17-29(36)37)23(5)26-9-11-27(12-10-26)30(38)39/h7-14,18,23,31H,3-4,15-17H2,1-2,5-6H3,(H,36,37)(H,38,39)/b28-14-. The third kappa shape index (κ3) is 7.75. The van der Waals surface area contributed by atoms with Crippen LogP contribution < -0.4 is 5.32 Å². The van der Waals surface area contributed by atoms with Crippen LogP contribution in [-0.4, -0.2) is 54.9 Å². The van der Waals surface area contributed by atoms with Gasteiger partial charge in [-0.2, -0.15) is 5.10 Å². The summed E-state index contributed by atoms with van der Waals surface area (Å²) in [6.45, 7) is 16.7. The molecule has 2 aromatic carbocycles. The molecule has 0 spiro atoms. The molecule has 0 aliphatic carbocycles. The van der Waals surface area contributed by atoms with E-state index in [0.29, 0.717) is 29.3 Å². The first-order valence-electron chi connectivity index (χ1n) is 12.5. The number of hydrogen-bond acceptors (Lipinski definition) is 6. The Kier molecular flexibility index (Phi) is 9.57. The fourth-order valence-corrected chi connectivity index (χ4v) is 4.11. The number of allylic oxidation sites excluding steroid dienone is 1. The van der Waals surface area contributed by atoms with Gasteiger partial charge in [-0.05, 0) is 73.7 Å². The van der Waals surface area contributed by atoms with Gasteiger partial charge in [-0.15, -0.1) is 0 Å². The highest BCUT2D eigenvalue weighted by atomic mass is 16.4. The van der Waals surface area contributed by atoms with Crippen LogP contribution in [0.4, 0.5) is 0 Å². The number of carboxylic acids is 2. The predicted molar refractivity (Wildman–Crippen MR) is 151 cm³/mol. The van der Waals surface area contributed by atoms with Gasteiger partial charge >= 0.3 is 11.9 Å². The largest absolute Gasteiger partial charge is 0.480 e. The average Bonchev–Trinajstić information content (AvgIpc) is 3.33. The molecule has 1 heterocycles. The van der Waals surface area contributed by atoms with E-state index >= 15 is 0 Å². The van der Waals surface area contributed by atoms with Gasteiger partial charge in [0.2, 0.25) is 0 Å². The Balaban J connectivity index is 1.85. The normalized spacial score (nSPS) is 12.3. The van der Waals surface area contributed by atoms with Crippen LogP contribution in [0.2, 0.25) is 0 Å². The van der Waals surface area contributed by atoms with Crippen molar-refractivity contribution < 1.29 is 19.8 Å². The van der Waals surface area contributed by atoms with E-state index in [2.05, 4.69) is 60.6 Å². The average molecular weight is 530 g/mol. The Hall–Kier alpha value is -4.50. The molecule has 1 atom stereocenters. The summed E-state index contributed by atoms with van der Waals surface area (Å²) < 4.78 is 1.65. The maximum Gasteiger partial charge on any atom is 0.335 e. The summed E-state index contributed by atoms with van der Waals surface area (Å²) >= 11 is 0. The fraction of sp³-hybridized carbons (Fsp3) is 0.267. The van der Waals surface area contributed by atoms with Crippen molar-refractivity contribution in [3.8, 4) is 0 Å². The zero-order chi connectivity index (χ0) is 28.7. The minimum atomic E-state index is -1.02. The zero-order valence-corrected chi connectivity index (χ0v) is 22.8. The summed E-state index contributed by atoms with van der Waals surface area (Å²) in [5.41, 5.74) is 6.44. The number of aliphatic carboxylic acids is 1. The number of hydrogen-bond donors (Lipinski definition) is 3. The van der Waals surface area contributed by atoms with Crippen molar-refractivity contribution >= 4 is 17.6 Å². The molecule has 3 N–H and O–H groups in total. The lowest BCUT2D eigenvalue weighted by Crippen LogP contribution is -2.35. The van der Waals surface area contributed by atoms with E-state index in [0.717, 1.165) is 11.1 Å². The van der Waals surface area contributed by atoms with Gasteiger partial charge in [-0.3, -0.25) is 9.69 Å². The Labute approximate surface area is 228 Å². The molecule has 39 heavy (non-hydrogen) atoms. The van der Waals surface area contributed by atoms with Gasteiger partial charge in [0.1, 0.15) is 12.2 Å². The second-order valence-electron chi connectivity index (χ2n) is 9.53. The van der Waals surface area contributed by atoms with Gasteiger partial charge in [0.25, 0.3) is 0 Å². The van der Waals surface area contributed by atoms with Crippen LogP contribution in [0.25, 0.3) is 5.70 Å². The van der Waals surface area contributed by atoms with Crippen LogP contribution in [0.3, 0.4) is 0 Å². The van der Waals surface area contributed by atoms with Crippen LogP contribution in [0, 0.1) is 20.8 Å². The summed E-state index contributed by atoms with van der Waals surface area (Å²) in [7, 11) is 0. The van der Waals surface area contributed by atoms with Crippen molar-refractivity contribution in [1.29, 1.82) is 0 Å². The maximum absolute atomic E-state index is 11.8.